The van der Waals surface area contributed by atoms with E-state index >= 15 is 0 Å². The SMILES string of the molecule is CC(C)(O)[C@H](F)CNC(=O)c1cnc(-c2ccc3cc(C#N)cnn23)cc1NC1CCC(C2CCOCC2)CC1. The van der Waals surface area contributed by atoms with Crippen LogP contribution in [-0.2, 0) is 4.74 Å². The minimum Gasteiger partial charge on any atom is -0.387 e. The van der Waals surface area contributed by atoms with Crippen molar-refractivity contribution in [3.63, 3.8) is 0 Å². The summed E-state index contributed by atoms with van der Waals surface area (Å²) in [4.78, 5) is 17.7. The number of carbonyl (C=O) groups is 1. The molecule has 40 heavy (non-hydrogen) atoms. The summed E-state index contributed by atoms with van der Waals surface area (Å²) < 4.78 is 21.6. The topological polar surface area (TPSA) is 125 Å². The molecule has 1 aliphatic carbocycles. The summed E-state index contributed by atoms with van der Waals surface area (Å²) in [5.41, 5.74) is 1.95. The average Bonchev–Trinajstić information content (AvgIpc) is 3.39. The summed E-state index contributed by atoms with van der Waals surface area (Å²) in [6.07, 6.45) is 7.92. The normalized spacial score (nSPS) is 21.1. The van der Waals surface area contributed by atoms with Gasteiger partial charge in [-0.2, -0.15) is 10.4 Å². The van der Waals surface area contributed by atoms with Crippen LogP contribution >= 0.6 is 0 Å². The first-order chi connectivity index (χ1) is 19.2. The molecule has 0 aromatic carbocycles. The van der Waals surface area contributed by atoms with E-state index in [1.165, 1.54) is 26.2 Å². The molecule has 5 rings (SSSR count). The van der Waals surface area contributed by atoms with Gasteiger partial charge in [0, 0.05) is 25.5 Å². The van der Waals surface area contributed by atoms with Gasteiger partial charge in [0.1, 0.15) is 12.2 Å². The van der Waals surface area contributed by atoms with Crippen molar-refractivity contribution in [3.8, 4) is 17.5 Å². The van der Waals surface area contributed by atoms with Crippen LogP contribution in [0.1, 0.15) is 68.3 Å². The van der Waals surface area contributed by atoms with Crippen LogP contribution in [0.5, 0.6) is 0 Å². The Balaban J connectivity index is 1.38. The van der Waals surface area contributed by atoms with Crippen LogP contribution in [0, 0.1) is 23.2 Å². The number of rotatable bonds is 8. The van der Waals surface area contributed by atoms with Crippen molar-refractivity contribution in [2.45, 2.75) is 70.2 Å². The van der Waals surface area contributed by atoms with E-state index in [0.717, 1.165) is 68.9 Å². The van der Waals surface area contributed by atoms with Gasteiger partial charge in [0.2, 0.25) is 0 Å². The third kappa shape index (κ3) is 6.26. The number of amides is 1. The Hall–Kier alpha value is -3.55. The van der Waals surface area contributed by atoms with Gasteiger partial charge in [0.15, 0.2) is 0 Å². The van der Waals surface area contributed by atoms with E-state index in [4.69, 9.17) is 4.74 Å². The lowest BCUT2D eigenvalue weighted by Gasteiger charge is -2.36. The number of halogens is 1. The summed E-state index contributed by atoms with van der Waals surface area (Å²) in [7, 11) is 0. The highest BCUT2D eigenvalue weighted by atomic mass is 19.1. The van der Waals surface area contributed by atoms with Gasteiger partial charge >= 0.3 is 0 Å². The Kier molecular flexibility index (Phi) is 8.33. The summed E-state index contributed by atoms with van der Waals surface area (Å²) in [6.45, 7) is 4.15. The fraction of sp³-hybridized carbons (Fsp3) is 0.533. The second kappa shape index (κ2) is 11.9. The van der Waals surface area contributed by atoms with E-state index in [-0.39, 0.29) is 12.6 Å². The molecule has 0 radical (unpaired) electrons. The highest BCUT2D eigenvalue weighted by molar-refractivity contribution is 6.00. The molecule has 212 valence electrons. The number of aliphatic hydroxyl groups is 1. The molecule has 10 heteroatoms. The molecule has 3 aromatic heterocycles. The standard InChI is InChI=1S/C30H37FN6O3/c1-30(2,39)28(31)18-34-29(38)24-17-33-26(27-8-7-23-13-19(15-32)16-35-37(23)27)14-25(24)36-22-5-3-20(4-6-22)21-9-11-40-12-10-21/h7-8,13-14,16-17,20-22,28,39H,3-6,9-12,18H2,1-2H3,(H,33,36)(H,34,38)/t20?,22?,28-/m1/s1. The number of carbonyl (C=O) groups excluding carboxylic acids is 1. The smallest absolute Gasteiger partial charge is 0.255 e. The Morgan fingerprint density at radius 1 is 1.18 bits per heavy atom. The summed E-state index contributed by atoms with van der Waals surface area (Å²) >= 11 is 0. The average molecular weight is 549 g/mol. The minimum absolute atomic E-state index is 0.198. The molecule has 0 bridgehead atoms. The van der Waals surface area contributed by atoms with Crippen molar-refractivity contribution in [1.82, 2.24) is 19.9 Å². The van der Waals surface area contributed by atoms with E-state index in [2.05, 4.69) is 26.8 Å². The maximum atomic E-state index is 14.4. The first kappa shape index (κ1) is 28.0. The lowest BCUT2D eigenvalue weighted by Crippen LogP contribution is -2.42. The van der Waals surface area contributed by atoms with Crippen molar-refractivity contribution in [2.24, 2.45) is 11.8 Å². The Bertz CT molecular complexity index is 1380. The summed E-state index contributed by atoms with van der Waals surface area (Å²) in [5.74, 6) is 0.975. The highest BCUT2D eigenvalue weighted by Crippen LogP contribution is 2.37. The third-order valence-corrected chi connectivity index (χ3v) is 8.31. The fourth-order valence-corrected chi connectivity index (χ4v) is 5.82. The van der Waals surface area contributed by atoms with Crippen molar-refractivity contribution in [1.29, 1.82) is 5.26 Å². The minimum atomic E-state index is -1.61. The van der Waals surface area contributed by atoms with Gasteiger partial charge in [-0.15, -0.1) is 0 Å². The van der Waals surface area contributed by atoms with Gasteiger partial charge in [-0.05, 0) is 88.5 Å². The van der Waals surface area contributed by atoms with E-state index in [1.54, 1.807) is 10.6 Å². The number of nitrogens with one attached hydrogen (secondary N) is 2. The second-order valence-electron chi connectivity index (χ2n) is 11.6. The Labute approximate surface area is 233 Å². The second-order valence-corrected chi connectivity index (χ2v) is 11.6. The molecule has 0 spiro atoms. The predicted molar refractivity (Wildman–Crippen MR) is 150 cm³/mol. The van der Waals surface area contributed by atoms with Gasteiger partial charge < -0.3 is 20.5 Å². The number of pyridine rings is 1. The van der Waals surface area contributed by atoms with Gasteiger partial charge in [0.25, 0.3) is 5.91 Å². The number of hydrogen-bond acceptors (Lipinski definition) is 7. The molecule has 0 unspecified atom stereocenters. The van der Waals surface area contributed by atoms with Gasteiger partial charge in [-0.3, -0.25) is 9.78 Å². The van der Waals surface area contributed by atoms with Crippen molar-refractivity contribution in [2.75, 3.05) is 25.1 Å². The van der Waals surface area contributed by atoms with E-state index in [9.17, 15) is 19.6 Å². The van der Waals surface area contributed by atoms with Crippen LogP contribution in [-0.4, -0.2) is 63.2 Å². The van der Waals surface area contributed by atoms with E-state index in [1.807, 2.05) is 18.2 Å². The molecule has 2 aliphatic rings. The lowest BCUT2D eigenvalue weighted by molar-refractivity contribution is -0.00177. The van der Waals surface area contributed by atoms with Crippen LogP contribution in [0.4, 0.5) is 10.1 Å². The first-order valence-corrected chi connectivity index (χ1v) is 14.1. The molecule has 1 saturated carbocycles. The number of nitrogens with zero attached hydrogens (tertiary/aromatic N) is 4. The van der Waals surface area contributed by atoms with Crippen LogP contribution < -0.4 is 10.6 Å². The highest BCUT2D eigenvalue weighted by Gasteiger charge is 2.30. The molecule has 3 N–H and O–H groups in total. The predicted octanol–water partition coefficient (Wildman–Crippen LogP) is 4.50. The molecule has 3 aromatic rings. The maximum Gasteiger partial charge on any atom is 0.255 e. The number of alkyl halides is 1. The Morgan fingerprint density at radius 3 is 2.60 bits per heavy atom. The van der Waals surface area contributed by atoms with Crippen LogP contribution in [0.3, 0.4) is 0 Å². The summed E-state index contributed by atoms with van der Waals surface area (Å²) in [5, 5.41) is 29.8. The molecule has 1 amide bonds. The zero-order valence-electron chi connectivity index (χ0n) is 23.1. The van der Waals surface area contributed by atoms with Crippen LogP contribution in [0.2, 0.25) is 0 Å². The molecule has 2 fully saturated rings. The van der Waals surface area contributed by atoms with Gasteiger partial charge in [-0.1, -0.05) is 0 Å². The first-order valence-electron chi connectivity index (χ1n) is 14.1. The van der Waals surface area contributed by atoms with Crippen molar-refractivity contribution in [3.05, 3.63) is 47.8 Å². The molecule has 9 nitrogen and oxygen atoms in total. The zero-order chi connectivity index (χ0) is 28.3. The Morgan fingerprint density at radius 2 is 1.90 bits per heavy atom. The van der Waals surface area contributed by atoms with E-state index in [0.29, 0.717) is 28.4 Å². The van der Waals surface area contributed by atoms with Crippen LogP contribution in [0.25, 0.3) is 16.9 Å². The van der Waals surface area contributed by atoms with Gasteiger partial charge in [0.05, 0.1) is 52.1 Å². The summed E-state index contributed by atoms with van der Waals surface area (Å²) in [6, 6.07) is 9.64. The maximum absolute atomic E-state index is 14.4. The molecule has 1 aliphatic heterocycles. The number of aromatic nitrogens is 3. The number of anilines is 1. The van der Waals surface area contributed by atoms with Crippen molar-refractivity contribution >= 4 is 17.1 Å². The lowest BCUT2D eigenvalue weighted by atomic mass is 9.75. The largest absolute Gasteiger partial charge is 0.387 e. The number of fused-ring (bicyclic) bond motifs is 1. The molecule has 1 atom stereocenters. The zero-order valence-corrected chi connectivity index (χ0v) is 23.1. The fourth-order valence-electron chi connectivity index (χ4n) is 5.82. The number of nitriles is 1. The van der Waals surface area contributed by atoms with E-state index < -0.39 is 17.7 Å². The van der Waals surface area contributed by atoms with Crippen molar-refractivity contribution < 1.29 is 19.0 Å². The quantitative estimate of drug-likeness (QED) is 0.378. The number of hydrogen-bond donors (Lipinski definition) is 3. The van der Waals surface area contributed by atoms with Crippen LogP contribution in [0.15, 0.2) is 36.7 Å². The molecular formula is C30H37FN6O3. The molecular weight excluding hydrogens is 511 g/mol. The van der Waals surface area contributed by atoms with Gasteiger partial charge in [-0.25, -0.2) is 8.91 Å². The molecule has 1 saturated heterocycles. The monoisotopic (exact) mass is 548 g/mol. The third-order valence-electron chi connectivity index (χ3n) is 8.31. The molecule has 4 heterocycles. The number of ether oxygens (including phenoxy) is 1.